The van der Waals surface area contributed by atoms with Crippen molar-refractivity contribution in [3.63, 3.8) is 0 Å². The lowest BCUT2D eigenvalue weighted by Gasteiger charge is -2.19. The van der Waals surface area contributed by atoms with Gasteiger partial charge in [0.25, 0.3) is 0 Å². The molecule has 0 saturated heterocycles. The van der Waals surface area contributed by atoms with Gasteiger partial charge in [-0.25, -0.2) is 8.42 Å². The van der Waals surface area contributed by atoms with E-state index in [2.05, 4.69) is 18.2 Å². The van der Waals surface area contributed by atoms with Crippen LogP contribution in [0, 0.1) is 19.3 Å². The summed E-state index contributed by atoms with van der Waals surface area (Å²) in [6, 6.07) is 6.73. The molecule has 3 nitrogen and oxygen atoms in total. The lowest BCUT2D eigenvalue weighted by atomic mass is 10.2. The fourth-order valence-electron chi connectivity index (χ4n) is 1.56. The van der Waals surface area contributed by atoms with Gasteiger partial charge in [-0.2, -0.15) is 4.31 Å². The molecule has 19 heavy (non-hydrogen) atoms. The molecule has 1 aromatic rings. The second-order valence-corrected chi connectivity index (χ2v) is 5.99. The molecule has 0 aliphatic rings. The van der Waals surface area contributed by atoms with Gasteiger partial charge < -0.3 is 0 Å². The average molecular weight is 275 g/mol. The van der Waals surface area contributed by atoms with Crippen LogP contribution in [0.4, 0.5) is 0 Å². The van der Waals surface area contributed by atoms with Gasteiger partial charge in [0.15, 0.2) is 0 Å². The standard InChI is InChI=1S/C15H17NO2S/c1-4-6-7-13-16(12-5-2)19(17,18)15-10-8-14(3)9-11-15/h2,6,8-11H,1,7,12-13H2,3H3. The Labute approximate surface area is 115 Å². The van der Waals surface area contributed by atoms with Gasteiger partial charge in [0.2, 0.25) is 10.0 Å². The molecule has 0 atom stereocenters. The Morgan fingerprint density at radius 3 is 2.53 bits per heavy atom. The van der Waals surface area contributed by atoms with E-state index < -0.39 is 10.0 Å². The Bertz CT molecular complexity index is 603. The zero-order chi connectivity index (χ0) is 14.3. The van der Waals surface area contributed by atoms with Crippen LogP contribution >= 0.6 is 0 Å². The Kier molecular flexibility index (Phi) is 5.59. The molecule has 0 aliphatic heterocycles. The van der Waals surface area contributed by atoms with E-state index in [1.807, 2.05) is 6.92 Å². The first kappa shape index (κ1) is 15.3. The van der Waals surface area contributed by atoms with Crippen molar-refractivity contribution < 1.29 is 8.42 Å². The van der Waals surface area contributed by atoms with Crippen molar-refractivity contribution in [2.45, 2.75) is 18.2 Å². The predicted octanol–water partition coefficient (Wildman–Crippen LogP) is 2.35. The molecular weight excluding hydrogens is 258 g/mol. The van der Waals surface area contributed by atoms with E-state index in [0.717, 1.165) is 5.56 Å². The van der Waals surface area contributed by atoms with E-state index in [4.69, 9.17) is 6.42 Å². The third-order valence-electron chi connectivity index (χ3n) is 2.59. The summed E-state index contributed by atoms with van der Waals surface area (Å²) in [6.45, 7) is 5.73. The van der Waals surface area contributed by atoms with Gasteiger partial charge in [-0.1, -0.05) is 30.2 Å². The molecule has 0 amide bonds. The number of sulfonamides is 1. The summed E-state index contributed by atoms with van der Waals surface area (Å²) in [7, 11) is -3.54. The third-order valence-corrected chi connectivity index (χ3v) is 4.45. The van der Waals surface area contributed by atoms with Crippen LogP contribution in [0.5, 0.6) is 0 Å². The predicted molar refractivity (Wildman–Crippen MR) is 77.1 cm³/mol. The minimum atomic E-state index is -3.54. The monoisotopic (exact) mass is 275 g/mol. The zero-order valence-corrected chi connectivity index (χ0v) is 11.8. The van der Waals surface area contributed by atoms with Crippen molar-refractivity contribution in [3.05, 3.63) is 48.2 Å². The molecule has 100 valence electrons. The Balaban J connectivity index is 3.02. The lowest BCUT2D eigenvalue weighted by molar-refractivity contribution is 0.452. The Hall–Kier alpha value is -1.79. The first-order valence-corrected chi connectivity index (χ1v) is 7.31. The number of terminal acetylenes is 1. The highest BCUT2D eigenvalue weighted by atomic mass is 32.2. The molecule has 1 aromatic carbocycles. The summed E-state index contributed by atoms with van der Waals surface area (Å²) >= 11 is 0. The van der Waals surface area contributed by atoms with E-state index in [1.54, 1.807) is 30.3 Å². The van der Waals surface area contributed by atoms with Gasteiger partial charge in [-0.3, -0.25) is 0 Å². The van der Waals surface area contributed by atoms with Gasteiger partial charge in [0, 0.05) is 6.54 Å². The Morgan fingerprint density at radius 1 is 1.37 bits per heavy atom. The molecule has 0 heterocycles. The highest BCUT2D eigenvalue weighted by Gasteiger charge is 2.22. The highest BCUT2D eigenvalue weighted by molar-refractivity contribution is 7.89. The summed E-state index contributed by atoms with van der Waals surface area (Å²) in [5, 5.41) is 0. The van der Waals surface area contributed by atoms with Crippen LogP contribution in [0.3, 0.4) is 0 Å². The van der Waals surface area contributed by atoms with Gasteiger partial charge in [0.05, 0.1) is 11.4 Å². The Morgan fingerprint density at radius 2 is 2.00 bits per heavy atom. The van der Waals surface area contributed by atoms with Crippen LogP contribution in [-0.4, -0.2) is 25.8 Å². The van der Waals surface area contributed by atoms with E-state index in [-0.39, 0.29) is 11.4 Å². The zero-order valence-electron chi connectivity index (χ0n) is 11.0. The molecule has 0 unspecified atom stereocenters. The summed E-state index contributed by atoms with van der Waals surface area (Å²) in [4.78, 5) is 0.260. The lowest BCUT2D eigenvalue weighted by Crippen LogP contribution is -2.32. The average Bonchev–Trinajstić information content (AvgIpc) is 2.38. The molecule has 0 spiro atoms. The molecule has 0 radical (unpaired) electrons. The largest absolute Gasteiger partial charge is 0.243 e. The second-order valence-electron chi connectivity index (χ2n) is 4.05. The van der Waals surface area contributed by atoms with Crippen molar-refractivity contribution in [3.8, 4) is 12.3 Å². The summed E-state index contributed by atoms with van der Waals surface area (Å²) in [5.41, 5.74) is 3.63. The van der Waals surface area contributed by atoms with E-state index in [1.165, 1.54) is 4.31 Å². The number of nitrogens with zero attached hydrogens (tertiary/aromatic N) is 1. The van der Waals surface area contributed by atoms with Gasteiger partial charge in [-0.05, 0) is 31.6 Å². The number of rotatable bonds is 6. The van der Waals surface area contributed by atoms with Gasteiger partial charge >= 0.3 is 0 Å². The SMILES string of the molecule is C#CCN(CCC=C=C)S(=O)(=O)c1ccc(C)cc1. The summed E-state index contributed by atoms with van der Waals surface area (Å²) in [6.07, 6.45) is 7.46. The van der Waals surface area contributed by atoms with Crippen molar-refractivity contribution in [2.24, 2.45) is 0 Å². The van der Waals surface area contributed by atoms with Crippen molar-refractivity contribution in [1.29, 1.82) is 0 Å². The molecule has 0 bridgehead atoms. The third kappa shape index (κ3) is 4.11. The van der Waals surface area contributed by atoms with Crippen LogP contribution in [0.25, 0.3) is 0 Å². The molecule has 0 aromatic heterocycles. The molecule has 0 N–H and O–H groups in total. The molecule has 0 saturated carbocycles. The van der Waals surface area contributed by atoms with Crippen molar-refractivity contribution in [1.82, 2.24) is 4.31 Å². The first-order valence-electron chi connectivity index (χ1n) is 5.87. The van der Waals surface area contributed by atoms with E-state index in [0.29, 0.717) is 13.0 Å². The summed E-state index contributed by atoms with van der Waals surface area (Å²) < 4.78 is 26.1. The molecule has 0 aliphatic carbocycles. The van der Waals surface area contributed by atoms with Gasteiger partial charge in [-0.15, -0.1) is 12.2 Å². The molecule has 0 fully saturated rings. The smallest absolute Gasteiger partial charge is 0.207 e. The van der Waals surface area contributed by atoms with Crippen molar-refractivity contribution >= 4 is 10.0 Å². The van der Waals surface area contributed by atoms with Crippen LogP contribution in [0.2, 0.25) is 0 Å². The normalized spacial score (nSPS) is 10.8. The molecular formula is C15H17NO2S. The maximum atomic E-state index is 12.4. The number of aryl methyl sites for hydroxylation is 1. The minimum absolute atomic E-state index is 0.0567. The second kappa shape index (κ2) is 6.96. The van der Waals surface area contributed by atoms with Crippen LogP contribution in [0.1, 0.15) is 12.0 Å². The van der Waals surface area contributed by atoms with Gasteiger partial charge in [0.1, 0.15) is 0 Å². The van der Waals surface area contributed by atoms with Crippen LogP contribution in [-0.2, 0) is 10.0 Å². The van der Waals surface area contributed by atoms with E-state index in [9.17, 15) is 8.42 Å². The van der Waals surface area contributed by atoms with Crippen LogP contribution < -0.4 is 0 Å². The number of benzene rings is 1. The fraction of sp³-hybridized carbons (Fsp3) is 0.267. The summed E-state index contributed by atoms with van der Waals surface area (Å²) in [5.74, 6) is 2.38. The fourth-order valence-corrected chi connectivity index (χ4v) is 2.92. The highest BCUT2D eigenvalue weighted by Crippen LogP contribution is 2.16. The molecule has 4 heteroatoms. The van der Waals surface area contributed by atoms with E-state index >= 15 is 0 Å². The van der Waals surface area contributed by atoms with Crippen LogP contribution in [0.15, 0.2) is 47.5 Å². The quantitative estimate of drug-likeness (QED) is 0.590. The topological polar surface area (TPSA) is 37.4 Å². The first-order chi connectivity index (χ1) is 9.02. The maximum Gasteiger partial charge on any atom is 0.243 e. The molecule has 1 rings (SSSR count). The number of hydrogen-bond acceptors (Lipinski definition) is 2. The van der Waals surface area contributed by atoms with Crippen molar-refractivity contribution in [2.75, 3.05) is 13.1 Å². The number of hydrogen-bond donors (Lipinski definition) is 0. The maximum absolute atomic E-state index is 12.4. The minimum Gasteiger partial charge on any atom is -0.207 e.